The number of fused-ring (bicyclic) bond motifs is 2. The van der Waals surface area contributed by atoms with E-state index in [2.05, 4.69) is 224 Å². The van der Waals surface area contributed by atoms with Gasteiger partial charge in [-0.3, -0.25) is 0 Å². The largest absolute Gasteiger partial charge is 0.537 e. The minimum absolute atomic E-state index is 0.121. The maximum Gasteiger partial charge on any atom is 0.319 e. The van der Waals surface area contributed by atoms with Crippen molar-refractivity contribution in [1.29, 1.82) is 0 Å². The molecule has 0 saturated carbocycles. The minimum atomic E-state index is -2.82. The summed E-state index contributed by atoms with van der Waals surface area (Å²) in [5.74, 6) is 2.60. The van der Waals surface area contributed by atoms with Gasteiger partial charge in [0.05, 0.1) is 11.5 Å². The molecule has 0 aliphatic heterocycles. The zero-order valence-corrected chi connectivity index (χ0v) is 37.2. The van der Waals surface area contributed by atoms with Crippen molar-refractivity contribution >= 4 is 59.1 Å². The predicted octanol–water partition coefficient (Wildman–Crippen LogP) is 11.0. The highest BCUT2D eigenvalue weighted by Crippen LogP contribution is 2.48. The van der Waals surface area contributed by atoms with Crippen LogP contribution in [0, 0.1) is 0 Å². The van der Waals surface area contributed by atoms with Gasteiger partial charge >= 0.3 is 16.6 Å². The quantitative estimate of drug-likeness (QED) is 0.115. The average Bonchev–Trinajstić information content (AvgIpc) is 3.76. The fraction of sp³-hybridized carbons (Fsp3) is 0.231. The number of hydrogen-bond donors (Lipinski definition) is 0. The van der Waals surface area contributed by atoms with Crippen LogP contribution in [-0.4, -0.2) is 26.2 Å². The zero-order valence-electron chi connectivity index (χ0n) is 34.2. The molecule has 2 aliphatic carbocycles. The van der Waals surface area contributed by atoms with Gasteiger partial charge in [-0.1, -0.05) is 211 Å². The molecule has 0 amide bonds. The van der Waals surface area contributed by atoms with Gasteiger partial charge in [0.15, 0.2) is 0 Å². The fourth-order valence-corrected chi connectivity index (χ4v) is 19.9. The summed E-state index contributed by atoms with van der Waals surface area (Å²) in [4.78, 5) is 0. The molecular formula is C52H54O2Si3. The van der Waals surface area contributed by atoms with Gasteiger partial charge in [-0.2, -0.15) is 0 Å². The Balaban J connectivity index is 1.14. The second-order valence-electron chi connectivity index (χ2n) is 17.6. The summed E-state index contributed by atoms with van der Waals surface area (Å²) in [6.07, 6.45) is 4.71. The van der Waals surface area contributed by atoms with Crippen molar-refractivity contribution in [2.75, 3.05) is 0 Å². The molecule has 2 atom stereocenters. The molecule has 0 saturated heterocycles. The molecule has 5 heteroatoms. The Kier molecular flexibility index (Phi) is 10.8. The normalized spacial score (nSPS) is 16.7. The van der Waals surface area contributed by atoms with Gasteiger partial charge in [0, 0.05) is 21.4 Å². The van der Waals surface area contributed by atoms with E-state index in [4.69, 9.17) is 8.85 Å². The Hall–Kier alpha value is -4.95. The highest BCUT2D eigenvalue weighted by atomic mass is 28.4. The Labute approximate surface area is 345 Å². The topological polar surface area (TPSA) is 18.5 Å². The van der Waals surface area contributed by atoms with Gasteiger partial charge in [-0.15, -0.1) is 0 Å². The zero-order chi connectivity index (χ0) is 39.7. The van der Waals surface area contributed by atoms with Gasteiger partial charge in [-0.05, 0) is 77.3 Å². The monoisotopic (exact) mass is 794 g/mol. The highest BCUT2D eigenvalue weighted by Gasteiger charge is 2.54. The maximum absolute atomic E-state index is 7.81. The summed E-state index contributed by atoms with van der Waals surface area (Å²) < 4.78 is 15.6. The van der Waals surface area contributed by atoms with Crippen LogP contribution >= 0.6 is 0 Å². The lowest BCUT2D eigenvalue weighted by Gasteiger charge is -2.44. The highest BCUT2D eigenvalue weighted by molar-refractivity contribution is 7.00. The lowest BCUT2D eigenvalue weighted by molar-refractivity contribution is 0.373. The van der Waals surface area contributed by atoms with Crippen molar-refractivity contribution in [3.63, 3.8) is 0 Å². The molecule has 6 aromatic carbocycles. The summed E-state index contributed by atoms with van der Waals surface area (Å²) in [5.41, 5.74) is 5.32. The molecule has 0 N–H and O–H groups in total. The van der Waals surface area contributed by atoms with Crippen molar-refractivity contribution in [1.82, 2.24) is 0 Å². The molecule has 57 heavy (non-hydrogen) atoms. The molecule has 0 bridgehead atoms. The standard InChI is InChI=1S/C52H54O2Si3/c1-51(2,3)56(41-25-11-7-12-26-41,42-27-13-8-14-28-42)53-49-35-39-23-19-21-33-45(39)47(49)37-55-38-48-46-34-22-20-24-40(46)36-50(48)54-57(52(4,5)6,43-29-15-9-16-30-43)44-31-17-10-18-32-44/h7-36,47-48H,37-38H2,1-6H3. The number of hydrogen-bond acceptors (Lipinski definition) is 2. The summed E-state index contributed by atoms with van der Waals surface area (Å²) in [6, 6.07) is 64.1. The van der Waals surface area contributed by atoms with Crippen LogP contribution in [0.25, 0.3) is 12.2 Å². The molecule has 2 unspecified atom stereocenters. The summed E-state index contributed by atoms with van der Waals surface area (Å²) in [7, 11) is -4.94. The van der Waals surface area contributed by atoms with Crippen LogP contribution in [0.15, 0.2) is 181 Å². The first kappa shape index (κ1) is 38.9. The lowest BCUT2D eigenvalue weighted by Crippen LogP contribution is -2.66. The van der Waals surface area contributed by atoms with Crippen molar-refractivity contribution in [3.05, 3.63) is 204 Å². The fourth-order valence-electron chi connectivity index (χ4n) is 9.38. The molecule has 0 fully saturated rings. The molecule has 2 aliphatic rings. The van der Waals surface area contributed by atoms with Gasteiger partial charge in [0.25, 0.3) is 0 Å². The van der Waals surface area contributed by atoms with E-state index in [1.54, 1.807) is 0 Å². The van der Waals surface area contributed by atoms with Crippen molar-refractivity contribution in [2.45, 2.75) is 75.5 Å². The van der Waals surface area contributed by atoms with Gasteiger partial charge in [0.2, 0.25) is 0 Å². The van der Waals surface area contributed by atoms with E-state index in [9.17, 15) is 0 Å². The van der Waals surface area contributed by atoms with Crippen molar-refractivity contribution in [2.24, 2.45) is 0 Å². The van der Waals surface area contributed by atoms with Gasteiger partial charge in [0.1, 0.15) is 0 Å². The molecule has 2 radical (unpaired) electrons. The van der Waals surface area contributed by atoms with Crippen LogP contribution in [0.2, 0.25) is 22.2 Å². The maximum atomic E-state index is 7.81. The molecule has 0 heterocycles. The molecule has 286 valence electrons. The molecule has 6 aromatic rings. The third kappa shape index (κ3) is 7.15. The predicted molar refractivity (Wildman–Crippen MR) is 247 cm³/mol. The van der Waals surface area contributed by atoms with E-state index < -0.39 is 16.6 Å². The van der Waals surface area contributed by atoms with Crippen LogP contribution in [0.5, 0.6) is 0 Å². The second kappa shape index (κ2) is 15.8. The Morgan fingerprint density at radius 2 is 0.684 bits per heavy atom. The number of allylic oxidation sites excluding steroid dienone is 2. The second-order valence-corrected chi connectivity index (χ2v) is 27.4. The van der Waals surface area contributed by atoms with Crippen LogP contribution in [-0.2, 0) is 8.85 Å². The van der Waals surface area contributed by atoms with Crippen LogP contribution in [0.3, 0.4) is 0 Å². The molecule has 2 nitrogen and oxygen atoms in total. The van der Waals surface area contributed by atoms with E-state index in [-0.39, 0.29) is 21.9 Å². The van der Waals surface area contributed by atoms with Crippen LogP contribution in [0.1, 0.15) is 75.6 Å². The summed E-state index contributed by atoms with van der Waals surface area (Å²) in [6.45, 7) is 14.2. The van der Waals surface area contributed by atoms with Crippen molar-refractivity contribution in [3.8, 4) is 0 Å². The third-order valence-corrected chi connectivity index (χ3v) is 23.4. The molecular weight excluding hydrogens is 741 g/mol. The average molecular weight is 795 g/mol. The lowest BCUT2D eigenvalue weighted by atomic mass is 10.0. The first-order valence-corrected chi connectivity index (χ1v) is 25.7. The van der Waals surface area contributed by atoms with E-state index in [1.165, 1.54) is 43.0 Å². The Morgan fingerprint density at radius 3 is 0.982 bits per heavy atom. The molecule has 0 spiro atoms. The van der Waals surface area contributed by atoms with E-state index in [0.717, 1.165) is 23.6 Å². The van der Waals surface area contributed by atoms with Crippen LogP contribution < -0.4 is 20.7 Å². The van der Waals surface area contributed by atoms with Crippen molar-refractivity contribution < 1.29 is 8.85 Å². The van der Waals surface area contributed by atoms with Gasteiger partial charge in [-0.25, -0.2) is 0 Å². The minimum Gasteiger partial charge on any atom is -0.537 e. The number of rotatable bonds is 12. The summed E-state index contributed by atoms with van der Waals surface area (Å²) in [5, 5.41) is 4.98. The third-order valence-electron chi connectivity index (χ3n) is 12.1. The van der Waals surface area contributed by atoms with E-state index in [1.807, 2.05) is 0 Å². The first-order valence-electron chi connectivity index (χ1n) is 20.4. The Morgan fingerprint density at radius 1 is 0.404 bits per heavy atom. The smallest absolute Gasteiger partial charge is 0.319 e. The number of benzene rings is 6. The first-order chi connectivity index (χ1) is 27.5. The SMILES string of the molecule is CC(C)(C)[Si](OC1=Cc2ccccc2C1C[Si]CC1C(O[Si](c2ccccc2)(c2ccccc2)C(C)(C)C)=Cc2ccccc21)(c1ccccc1)c1ccccc1. The molecule has 8 rings (SSSR count). The van der Waals surface area contributed by atoms with Gasteiger partial charge < -0.3 is 8.85 Å². The molecule has 0 aromatic heterocycles. The van der Waals surface area contributed by atoms with E-state index in [0.29, 0.717) is 9.52 Å². The Bertz CT molecular complexity index is 2110. The van der Waals surface area contributed by atoms with Crippen LogP contribution in [0.4, 0.5) is 0 Å². The van der Waals surface area contributed by atoms with E-state index >= 15 is 0 Å². The summed E-state index contributed by atoms with van der Waals surface area (Å²) >= 11 is 0.